The highest BCUT2D eigenvalue weighted by Gasteiger charge is 2.12. The van der Waals surface area contributed by atoms with Crippen molar-refractivity contribution in [2.24, 2.45) is 0 Å². The quantitative estimate of drug-likeness (QED) is 0.338. The zero-order chi connectivity index (χ0) is 23.5. The van der Waals surface area contributed by atoms with Gasteiger partial charge in [0.2, 0.25) is 0 Å². The van der Waals surface area contributed by atoms with Crippen molar-refractivity contribution >= 4 is 34.0 Å². The van der Waals surface area contributed by atoms with Gasteiger partial charge < -0.3 is 10.1 Å². The summed E-state index contributed by atoms with van der Waals surface area (Å²) in [5.41, 5.74) is 2.98. The molecular formula is C26H22ClN5O2. The molecule has 2 aromatic heterocycles. The molecule has 0 fully saturated rings. The molecule has 34 heavy (non-hydrogen) atoms. The van der Waals surface area contributed by atoms with Crippen molar-refractivity contribution in [2.75, 3.05) is 5.32 Å². The van der Waals surface area contributed by atoms with Crippen LogP contribution in [0.4, 0.5) is 5.69 Å². The van der Waals surface area contributed by atoms with Gasteiger partial charge in [-0.25, -0.2) is 4.68 Å². The lowest BCUT2D eigenvalue weighted by Crippen LogP contribution is -2.14. The Morgan fingerprint density at radius 1 is 1.06 bits per heavy atom. The Balaban J connectivity index is 1.21. The zero-order valence-electron chi connectivity index (χ0n) is 18.5. The van der Waals surface area contributed by atoms with Crippen LogP contribution in [-0.4, -0.2) is 25.5 Å². The highest BCUT2D eigenvalue weighted by molar-refractivity contribution is 6.30. The first-order chi connectivity index (χ1) is 16.5. The van der Waals surface area contributed by atoms with E-state index >= 15 is 0 Å². The van der Waals surface area contributed by atoms with E-state index in [9.17, 15) is 4.79 Å². The first-order valence-corrected chi connectivity index (χ1v) is 11.2. The highest BCUT2D eigenvalue weighted by Crippen LogP contribution is 2.22. The first kappa shape index (κ1) is 21.7. The van der Waals surface area contributed by atoms with Gasteiger partial charge in [0.05, 0.1) is 18.4 Å². The number of carbonyl (C=O) groups excluding carboxylic acids is 1. The Hall–Kier alpha value is -4.10. The molecule has 0 bridgehead atoms. The molecule has 0 radical (unpaired) electrons. The lowest BCUT2D eigenvalue weighted by Gasteiger charge is -2.09. The maximum absolute atomic E-state index is 12.7. The Morgan fingerprint density at radius 2 is 1.91 bits per heavy atom. The number of benzene rings is 3. The molecule has 2 heterocycles. The van der Waals surface area contributed by atoms with Crippen LogP contribution >= 0.6 is 11.6 Å². The van der Waals surface area contributed by atoms with E-state index in [1.165, 1.54) is 10.8 Å². The summed E-state index contributed by atoms with van der Waals surface area (Å²) in [5.74, 6) is 0.399. The van der Waals surface area contributed by atoms with Crippen molar-refractivity contribution in [2.45, 2.75) is 20.2 Å². The fraction of sp³-hybridized carbons (Fsp3) is 0.115. The Labute approximate surface area is 201 Å². The second-order valence-corrected chi connectivity index (χ2v) is 8.38. The predicted octanol–water partition coefficient (Wildman–Crippen LogP) is 5.53. The number of aryl methyl sites for hydroxylation is 1. The number of rotatable bonds is 7. The van der Waals surface area contributed by atoms with Crippen molar-refractivity contribution in [3.05, 3.63) is 107 Å². The lowest BCUT2D eigenvalue weighted by molar-refractivity contribution is 0.102. The summed E-state index contributed by atoms with van der Waals surface area (Å²) in [6, 6.07) is 21.5. The smallest absolute Gasteiger partial charge is 0.276 e. The summed E-state index contributed by atoms with van der Waals surface area (Å²) >= 11 is 5.98. The molecule has 5 rings (SSSR count). The molecule has 3 aromatic carbocycles. The van der Waals surface area contributed by atoms with Crippen molar-refractivity contribution in [1.29, 1.82) is 0 Å². The number of nitrogens with one attached hydrogen (secondary N) is 1. The van der Waals surface area contributed by atoms with Crippen LogP contribution in [0.15, 0.2) is 85.3 Å². The fourth-order valence-electron chi connectivity index (χ4n) is 3.78. The van der Waals surface area contributed by atoms with Crippen LogP contribution in [-0.2, 0) is 13.3 Å². The molecule has 8 heteroatoms. The minimum absolute atomic E-state index is 0.179. The molecule has 1 N–H and O–H groups in total. The molecule has 0 atom stereocenters. The van der Waals surface area contributed by atoms with Gasteiger partial charge >= 0.3 is 0 Å². The van der Waals surface area contributed by atoms with Gasteiger partial charge in [0.15, 0.2) is 12.4 Å². The molecule has 0 unspecified atom stereocenters. The molecule has 0 saturated heterocycles. The SMILES string of the molecule is Cc1cc(Cl)ccc1OCn1ccc(C(=O)Nc2cnn(Cc3cccc4ccccc34)c2)n1. The number of fused-ring (bicyclic) bond motifs is 1. The molecular weight excluding hydrogens is 450 g/mol. The van der Waals surface area contributed by atoms with Crippen molar-refractivity contribution in [1.82, 2.24) is 19.6 Å². The van der Waals surface area contributed by atoms with Crippen LogP contribution in [0.5, 0.6) is 5.75 Å². The molecule has 0 aliphatic carbocycles. The predicted molar refractivity (Wildman–Crippen MR) is 132 cm³/mol. The summed E-state index contributed by atoms with van der Waals surface area (Å²) in [7, 11) is 0. The maximum Gasteiger partial charge on any atom is 0.276 e. The maximum atomic E-state index is 12.7. The Morgan fingerprint density at radius 3 is 2.79 bits per heavy atom. The Kier molecular flexibility index (Phi) is 6.01. The fourth-order valence-corrected chi connectivity index (χ4v) is 4.01. The van der Waals surface area contributed by atoms with Crippen LogP contribution in [0.1, 0.15) is 21.6 Å². The van der Waals surface area contributed by atoms with Gasteiger partial charge in [-0.15, -0.1) is 0 Å². The minimum atomic E-state index is -0.314. The van der Waals surface area contributed by atoms with Crippen LogP contribution in [0.3, 0.4) is 0 Å². The van der Waals surface area contributed by atoms with E-state index in [1.807, 2.05) is 43.5 Å². The Bertz CT molecular complexity index is 1470. The van der Waals surface area contributed by atoms with E-state index in [2.05, 4.69) is 39.8 Å². The molecule has 0 spiro atoms. The summed E-state index contributed by atoms with van der Waals surface area (Å²) in [4.78, 5) is 12.7. The molecule has 0 aliphatic rings. The van der Waals surface area contributed by atoms with Gasteiger partial charge in [0, 0.05) is 17.4 Å². The largest absolute Gasteiger partial charge is 0.471 e. The topological polar surface area (TPSA) is 74.0 Å². The van der Waals surface area contributed by atoms with Crippen molar-refractivity contribution in [3.63, 3.8) is 0 Å². The van der Waals surface area contributed by atoms with Gasteiger partial charge in [-0.3, -0.25) is 9.48 Å². The number of hydrogen-bond acceptors (Lipinski definition) is 4. The number of hydrogen-bond donors (Lipinski definition) is 1. The van der Waals surface area contributed by atoms with Crippen molar-refractivity contribution in [3.8, 4) is 5.75 Å². The molecule has 170 valence electrons. The average molecular weight is 472 g/mol. The molecule has 0 aliphatic heterocycles. The van der Waals surface area contributed by atoms with Crippen molar-refractivity contribution < 1.29 is 9.53 Å². The van der Waals surface area contributed by atoms with Gasteiger partial charge in [-0.2, -0.15) is 10.2 Å². The number of halogens is 1. The van der Waals surface area contributed by atoms with Crippen LogP contribution in [0.2, 0.25) is 5.02 Å². The summed E-state index contributed by atoms with van der Waals surface area (Å²) < 4.78 is 9.14. The second kappa shape index (κ2) is 9.41. The van der Waals surface area contributed by atoms with E-state index in [4.69, 9.17) is 16.3 Å². The van der Waals surface area contributed by atoms with Crippen LogP contribution in [0.25, 0.3) is 10.8 Å². The number of amides is 1. The number of ether oxygens (including phenoxy) is 1. The third-order valence-corrected chi connectivity index (χ3v) is 5.70. The number of carbonyl (C=O) groups is 1. The van der Waals surface area contributed by atoms with Gasteiger partial charge in [0.25, 0.3) is 5.91 Å². The third kappa shape index (κ3) is 4.79. The standard InChI is InChI=1S/C26H22ClN5O2/c1-18-13-21(27)9-10-25(18)34-17-31-12-11-24(30-31)26(33)29-22-14-28-32(16-22)15-20-7-4-6-19-5-2-3-8-23(19)20/h2-14,16H,15,17H2,1H3,(H,29,33). The minimum Gasteiger partial charge on any atom is -0.471 e. The van der Waals surface area contributed by atoms with Crippen LogP contribution < -0.4 is 10.1 Å². The second-order valence-electron chi connectivity index (χ2n) is 7.94. The normalized spacial score (nSPS) is 11.0. The summed E-state index contributed by atoms with van der Waals surface area (Å²) in [6.45, 7) is 2.70. The van der Waals surface area contributed by atoms with E-state index in [-0.39, 0.29) is 12.6 Å². The molecule has 7 nitrogen and oxygen atoms in total. The monoisotopic (exact) mass is 471 g/mol. The van der Waals surface area contributed by atoms with E-state index in [0.29, 0.717) is 28.7 Å². The first-order valence-electron chi connectivity index (χ1n) is 10.8. The number of nitrogens with zero attached hydrogens (tertiary/aromatic N) is 4. The van der Waals surface area contributed by atoms with E-state index in [0.717, 1.165) is 11.1 Å². The van der Waals surface area contributed by atoms with E-state index < -0.39 is 0 Å². The van der Waals surface area contributed by atoms with Crippen LogP contribution in [0, 0.1) is 6.92 Å². The van der Waals surface area contributed by atoms with Gasteiger partial charge in [-0.05, 0) is 53.1 Å². The van der Waals surface area contributed by atoms with E-state index in [1.54, 1.807) is 33.9 Å². The number of aromatic nitrogens is 4. The van der Waals surface area contributed by atoms with Gasteiger partial charge in [-0.1, -0.05) is 54.1 Å². The molecule has 0 saturated carbocycles. The molecule has 1 amide bonds. The average Bonchev–Trinajstić information content (AvgIpc) is 3.48. The number of anilines is 1. The zero-order valence-corrected chi connectivity index (χ0v) is 19.2. The summed E-state index contributed by atoms with van der Waals surface area (Å²) in [5, 5.41) is 14.6. The summed E-state index contributed by atoms with van der Waals surface area (Å²) in [6.07, 6.45) is 5.14. The molecule has 5 aromatic rings. The lowest BCUT2D eigenvalue weighted by atomic mass is 10.0. The highest BCUT2D eigenvalue weighted by atomic mass is 35.5. The van der Waals surface area contributed by atoms with Gasteiger partial charge in [0.1, 0.15) is 5.75 Å². The third-order valence-electron chi connectivity index (χ3n) is 5.47.